The van der Waals surface area contributed by atoms with E-state index in [0.717, 1.165) is 78.1 Å². The van der Waals surface area contributed by atoms with E-state index < -0.39 is 0 Å². The van der Waals surface area contributed by atoms with Gasteiger partial charge in [-0.3, -0.25) is 4.79 Å². The fraction of sp³-hybridized carbons (Fsp3) is 0.379. The number of aromatic nitrogens is 2. The number of carbonyl (C=O) groups is 1. The minimum atomic E-state index is 0.322. The topological polar surface area (TPSA) is 38.1 Å². The van der Waals surface area contributed by atoms with Crippen molar-refractivity contribution < 1.29 is 4.79 Å². The lowest BCUT2D eigenvalue weighted by atomic mass is 9.99. The molecule has 4 rings (SSSR count). The minimum absolute atomic E-state index is 0.322. The molecule has 1 aromatic heterocycles. The summed E-state index contributed by atoms with van der Waals surface area (Å²) in [4.78, 5) is 19.7. The highest BCUT2D eigenvalue weighted by molar-refractivity contribution is 7.99. The molecule has 1 amide bonds. The lowest BCUT2D eigenvalue weighted by molar-refractivity contribution is -0.132. The molecule has 0 N–H and O–H groups in total. The summed E-state index contributed by atoms with van der Waals surface area (Å²) in [5.41, 5.74) is 4.41. The van der Waals surface area contributed by atoms with Crippen LogP contribution in [-0.4, -0.2) is 39.2 Å². The predicted molar refractivity (Wildman–Crippen MR) is 143 cm³/mol. The minimum Gasteiger partial charge on any atom is -0.343 e. The van der Waals surface area contributed by atoms with E-state index in [0.29, 0.717) is 18.9 Å². The maximum Gasteiger partial charge on any atom is 0.222 e. The Morgan fingerprint density at radius 2 is 1.68 bits per heavy atom. The van der Waals surface area contributed by atoms with E-state index >= 15 is 0 Å². The van der Waals surface area contributed by atoms with Gasteiger partial charge in [-0.1, -0.05) is 85.4 Å². The number of nitrogens with zero attached hydrogens (tertiary/aromatic N) is 3. The Labute approximate surface area is 208 Å². The number of hydrogen-bond acceptors (Lipinski definition) is 3. The van der Waals surface area contributed by atoms with Crippen LogP contribution >= 0.6 is 11.8 Å². The number of thioether (sulfide) groups is 1. The highest BCUT2D eigenvalue weighted by Crippen LogP contribution is 2.36. The number of carbonyl (C=O) groups excluding carboxylic acids is 1. The van der Waals surface area contributed by atoms with Gasteiger partial charge in [0.05, 0.1) is 11.4 Å². The number of hydrogen-bond donors (Lipinski definition) is 0. The first-order chi connectivity index (χ1) is 16.7. The quantitative estimate of drug-likeness (QED) is 0.182. The van der Waals surface area contributed by atoms with Crippen molar-refractivity contribution in [3.63, 3.8) is 0 Å². The normalized spacial score (nSPS) is 14.3. The number of likely N-dealkylation sites (tertiary alicyclic amines) is 1. The zero-order chi connectivity index (χ0) is 23.8. The first kappa shape index (κ1) is 24.3. The van der Waals surface area contributed by atoms with Gasteiger partial charge < -0.3 is 9.47 Å². The molecule has 0 radical (unpaired) electrons. The number of imidazole rings is 1. The van der Waals surface area contributed by atoms with E-state index in [-0.39, 0.29) is 0 Å². The Morgan fingerprint density at radius 3 is 2.32 bits per heavy atom. The van der Waals surface area contributed by atoms with Gasteiger partial charge in [-0.15, -0.1) is 6.58 Å². The third-order valence-corrected chi connectivity index (χ3v) is 7.55. The van der Waals surface area contributed by atoms with Crippen LogP contribution in [0.4, 0.5) is 0 Å². The van der Waals surface area contributed by atoms with Gasteiger partial charge in [0.25, 0.3) is 0 Å². The van der Waals surface area contributed by atoms with Crippen molar-refractivity contribution in [2.45, 2.75) is 50.7 Å². The van der Waals surface area contributed by atoms with Crippen LogP contribution in [0.25, 0.3) is 22.5 Å². The second kappa shape index (κ2) is 12.1. The lowest BCUT2D eigenvalue weighted by Crippen LogP contribution is -2.37. The van der Waals surface area contributed by atoms with Crippen molar-refractivity contribution in [1.82, 2.24) is 14.5 Å². The van der Waals surface area contributed by atoms with E-state index in [1.165, 1.54) is 0 Å². The number of benzene rings is 2. The molecular weight excluding hydrogens is 438 g/mol. The summed E-state index contributed by atoms with van der Waals surface area (Å²) in [7, 11) is 0. The highest BCUT2D eigenvalue weighted by atomic mass is 32.2. The fourth-order valence-electron chi connectivity index (χ4n) is 4.48. The Bertz CT molecular complexity index is 1070. The molecule has 0 atom stereocenters. The molecule has 0 unspecified atom stereocenters. The summed E-state index contributed by atoms with van der Waals surface area (Å²) in [5.74, 6) is 2.02. The zero-order valence-corrected chi connectivity index (χ0v) is 21.0. The average Bonchev–Trinajstić information content (AvgIpc) is 3.23. The summed E-state index contributed by atoms with van der Waals surface area (Å²) < 4.78 is 2.27. The summed E-state index contributed by atoms with van der Waals surface area (Å²) in [6.07, 6.45) is 6.80. The first-order valence-electron chi connectivity index (χ1n) is 12.4. The Balaban J connectivity index is 1.45. The lowest BCUT2D eigenvalue weighted by Gasteiger charge is -2.30. The van der Waals surface area contributed by atoms with E-state index in [2.05, 4.69) is 71.5 Å². The SMILES string of the molecule is C=CCn1c(SCCCCC(=O)N2CCC(C)CC2)nc(-c2ccccc2)c1-c1ccccc1. The molecule has 0 spiro atoms. The first-order valence-corrected chi connectivity index (χ1v) is 13.4. The summed E-state index contributed by atoms with van der Waals surface area (Å²) in [5, 5.41) is 1.01. The van der Waals surface area contributed by atoms with Crippen molar-refractivity contribution in [1.29, 1.82) is 0 Å². The number of piperidine rings is 1. The van der Waals surface area contributed by atoms with Gasteiger partial charge in [-0.2, -0.15) is 0 Å². The van der Waals surface area contributed by atoms with E-state index in [4.69, 9.17) is 4.98 Å². The maximum atomic E-state index is 12.5. The van der Waals surface area contributed by atoms with Crippen molar-refractivity contribution in [2.75, 3.05) is 18.8 Å². The van der Waals surface area contributed by atoms with Crippen LogP contribution < -0.4 is 0 Å². The fourth-order valence-corrected chi connectivity index (χ4v) is 5.49. The second-order valence-corrected chi connectivity index (χ2v) is 10.2. The zero-order valence-electron chi connectivity index (χ0n) is 20.2. The number of rotatable bonds is 10. The van der Waals surface area contributed by atoms with Gasteiger partial charge >= 0.3 is 0 Å². The van der Waals surface area contributed by atoms with Crippen molar-refractivity contribution in [3.8, 4) is 22.5 Å². The van der Waals surface area contributed by atoms with Crippen molar-refractivity contribution in [3.05, 3.63) is 73.3 Å². The van der Waals surface area contributed by atoms with Crippen LogP contribution in [0, 0.1) is 5.92 Å². The van der Waals surface area contributed by atoms with E-state index in [9.17, 15) is 4.79 Å². The molecule has 3 aromatic rings. The average molecular weight is 474 g/mol. The molecule has 34 heavy (non-hydrogen) atoms. The second-order valence-electron chi connectivity index (χ2n) is 9.09. The summed E-state index contributed by atoms with van der Waals surface area (Å²) in [6, 6.07) is 20.9. The molecule has 0 aliphatic carbocycles. The highest BCUT2D eigenvalue weighted by Gasteiger charge is 2.21. The molecular formula is C29H35N3OS. The Kier molecular flexibility index (Phi) is 8.64. The Morgan fingerprint density at radius 1 is 1.03 bits per heavy atom. The van der Waals surface area contributed by atoms with Crippen molar-refractivity contribution >= 4 is 17.7 Å². The molecule has 1 fully saturated rings. The van der Waals surface area contributed by atoms with Crippen LogP contribution in [0.1, 0.15) is 39.0 Å². The molecule has 1 aliphatic heterocycles. The van der Waals surface area contributed by atoms with Gasteiger partial charge in [-0.25, -0.2) is 4.98 Å². The third kappa shape index (κ3) is 6.01. The summed E-state index contributed by atoms with van der Waals surface area (Å²) in [6.45, 7) is 8.84. The van der Waals surface area contributed by atoms with Gasteiger partial charge in [0.1, 0.15) is 0 Å². The molecule has 2 aromatic carbocycles. The largest absolute Gasteiger partial charge is 0.343 e. The third-order valence-electron chi connectivity index (χ3n) is 6.49. The van der Waals surface area contributed by atoms with E-state index in [1.54, 1.807) is 11.8 Å². The van der Waals surface area contributed by atoms with Crippen molar-refractivity contribution in [2.24, 2.45) is 5.92 Å². The number of amides is 1. The number of unbranched alkanes of at least 4 members (excludes halogenated alkanes) is 1. The summed E-state index contributed by atoms with van der Waals surface area (Å²) >= 11 is 1.78. The molecule has 1 saturated heterocycles. The molecule has 2 heterocycles. The molecule has 4 nitrogen and oxygen atoms in total. The van der Waals surface area contributed by atoms with Crippen LogP contribution in [0.2, 0.25) is 0 Å². The van der Waals surface area contributed by atoms with Crippen LogP contribution in [0.15, 0.2) is 78.5 Å². The van der Waals surface area contributed by atoms with Gasteiger partial charge in [0, 0.05) is 42.9 Å². The molecule has 0 bridgehead atoms. The molecule has 5 heteroatoms. The van der Waals surface area contributed by atoms with Crippen LogP contribution in [-0.2, 0) is 11.3 Å². The predicted octanol–water partition coefficient (Wildman–Crippen LogP) is 6.92. The molecule has 178 valence electrons. The van der Waals surface area contributed by atoms with Gasteiger partial charge in [-0.05, 0) is 31.6 Å². The Hall–Kier alpha value is -2.79. The molecule has 1 aliphatic rings. The van der Waals surface area contributed by atoms with Gasteiger partial charge in [0.2, 0.25) is 5.91 Å². The standard InChI is InChI=1S/C29H35N3OS/c1-3-19-32-28(25-14-8-5-9-15-25)27(24-12-6-4-7-13-24)30-29(32)34-22-11-10-16-26(33)31-20-17-23(2)18-21-31/h3-9,12-15,23H,1,10-11,16-22H2,2H3. The maximum absolute atomic E-state index is 12.5. The van der Waals surface area contributed by atoms with Crippen LogP contribution in [0.5, 0.6) is 0 Å². The molecule has 0 saturated carbocycles. The van der Waals surface area contributed by atoms with Gasteiger partial charge in [0.15, 0.2) is 5.16 Å². The smallest absolute Gasteiger partial charge is 0.222 e. The van der Waals surface area contributed by atoms with Crippen LogP contribution in [0.3, 0.4) is 0 Å². The number of allylic oxidation sites excluding steroid dienone is 1. The monoisotopic (exact) mass is 473 g/mol. The van der Waals surface area contributed by atoms with E-state index in [1.807, 2.05) is 18.2 Å².